The number of nitrogens with one attached hydrogen (secondary N) is 2. The highest BCUT2D eigenvalue weighted by Gasteiger charge is 2.43. The molecule has 2 aromatic heterocycles. The zero-order chi connectivity index (χ0) is 20.8. The van der Waals surface area contributed by atoms with Crippen LogP contribution in [0.5, 0.6) is 5.75 Å². The number of piperidine rings is 1. The summed E-state index contributed by atoms with van der Waals surface area (Å²) >= 11 is 0. The Morgan fingerprint density at radius 2 is 2.00 bits per heavy atom. The number of aromatic hydroxyl groups is 1. The number of anilines is 1. The van der Waals surface area contributed by atoms with Gasteiger partial charge in [-0.1, -0.05) is 0 Å². The molecule has 0 saturated carbocycles. The monoisotopic (exact) mass is 412 g/mol. The minimum absolute atomic E-state index is 0.0999. The molecule has 0 amide bonds. The molecule has 1 aromatic carbocycles. The lowest BCUT2D eigenvalue weighted by Gasteiger charge is -2.38. The lowest BCUT2D eigenvalue weighted by molar-refractivity contribution is 0.176. The number of benzene rings is 1. The van der Waals surface area contributed by atoms with Crippen molar-refractivity contribution in [1.82, 2.24) is 25.5 Å². The average molecular weight is 412 g/mol. The van der Waals surface area contributed by atoms with Crippen molar-refractivity contribution in [3.05, 3.63) is 42.7 Å². The number of hydrogen-bond acceptors (Lipinski definition) is 6. The van der Waals surface area contributed by atoms with Gasteiger partial charge in [0, 0.05) is 42.0 Å². The van der Waals surface area contributed by atoms with E-state index in [4.69, 9.17) is 0 Å². The van der Waals surface area contributed by atoms with E-state index in [1.807, 2.05) is 11.9 Å². The van der Waals surface area contributed by atoms with Gasteiger partial charge in [-0.3, -0.25) is 10.1 Å². The second-order valence-corrected chi connectivity index (χ2v) is 8.00. The van der Waals surface area contributed by atoms with E-state index in [2.05, 4.69) is 25.5 Å². The SMILES string of the molecule is CN(c1cnc(-c2cc(F)c(-c3cn[nH]c3)cc2O)cn1)[C@H]1C[C@@H]2CC[C@@H](N2)[C@H]1F. The first-order valence-electron chi connectivity index (χ1n) is 9.98. The molecule has 0 radical (unpaired) electrons. The first kappa shape index (κ1) is 18.9. The minimum Gasteiger partial charge on any atom is -0.507 e. The third kappa shape index (κ3) is 3.19. The van der Waals surface area contributed by atoms with Gasteiger partial charge in [-0.15, -0.1) is 0 Å². The van der Waals surface area contributed by atoms with E-state index in [0.717, 1.165) is 19.3 Å². The molecule has 3 aromatic rings. The number of alkyl halides is 1. The molecular formula is C21H22F2N6O. The van der Waals surface area contributed by atoms with Crippen LogP contribution in [0.2, 0.25) is 0 Å². The van der Waals surface area contributed by atoms with Crippen LogP contribution in [0.25, 0.3) is 22.4 Å². The van der Waals surface area contributed by atoms with Crippen molar-refractivity contribution in [3.8, 4) is 28.1 Å². The first-order valence-corrected chi connectivity index (χ1v) is 9.98. The van der Waals surface area contributed by atoms with Crippen LogP contribution in [-0.4, -0.2) is 56.6 Å². The maximum Gasteiger partial charge on any atom is 0.147 e. The fraction of sp³-hybridized carbons (Fsp3) is 0.381. The molecule has 5 rings (SSSR count). The number of phenols is 1. The molecule has 3 N–H and O–H groups in total. The van der Waals surface area contributed by atoms with E-state index in [1.165, 1.54) is 30.7 Å². The first-order chi connectivity index (χ1) is 14.5. The van der Waals surface area contributed by atoms with Gasteiger partial charge in [0.05, 0.1) is 30.3 Å². The molecule has 0 unspecified atom stereocenters. The Balaban J connectivity index is 1.39. The summed E-state index contributed by atoms with van der Waals surface area (Å²) in [6.45, 7) is 0. The largest absolute Gasteiger partial charge is 0.507 e. The van der Waals surface area contributed by atoms with Crippen molar-refractivity contribution < 1.29 is 13.9 Å². The summed E-state index contributed by atoms with van der Waals surface area (Å²) in [7, 11) is 1.82. The van der Waals surface area contributed by atoms with Crippen molar-refractivity contribution in [1.29, 1.82) is 0 Å². The van der Waals surface area contributed by atoms with Gasteiger partial charge in [0.15, 0.2) is 0 Å². The van der Waals surface area contributed by atoms with E-state index in [-0.39, 0.29) is 29.0 Å². The van der Waals surface area contributed by atoms with Crippen molar-refractivity contribution >= 4 is 5.82 Å². The number of aromatic nitrogens is 4. The molecule has 2 aliphatic rings. The Hall–Kier alpha value is -3.07. The molecule has 0 aliphatic carbocycles. The van der Waals surface area contributed by atoms with E-state index < -0.39 is 12.0 Å². The number of aromatic amines is 1. The van der Waals surface area contributed by atoms with Crippen molar-refractivity contribution in [2.75, 3.05) is 11.9 Å². The maximum absolute atomic E-state index is 14.8. The summed E-state index contributed by atoms with van der Waals surface area (Å²) in [5.41, 5.74) is 1.35. The number of H-pyrrole nitrogens is 1. The number of halogens is 2. The average Bonchev–Trinajstić information content (AvgIpc) is 3.42. The summed E-state index contributed by atoms with van der Waals surface area (Å²) in [6.07, 6.45) is 7.65. The Morgan fingerprint density at radius 3 is 2.73 bits per heavy atom. The van der Waals surface area contributed by atoms with Gasteiger partial charge >= 0.3 is 0 Å². The molecule has 156 valence electrons. The minimum atomic E-state index is -0.969. The number of nitrogens with zero attached hydrogens (tertiary/aromatic N) is 4. The van der Waals surface area contributed by atoms with Crippen molar-refractivity contribution in [2.24, 2.45) is 0 Å². The van der Waals surface area contributed by atoms with Crippen molar-refractivity contribution in [3.63, 3.8) is 0 Å². The molecule has 4 heterocycles. The van der Waals surface area contributed by atoms with Crippen LogP contribution in [-0.2, 0) is 0 Å². The topological polar surface area (TPSA) is 90.0 Å². The second kappa shape index (κ2) is 7.32. The second-order valence-electron chi connectivity index (χ2n) is 8.00. The standard InChI is InChI=1S/C21H22F2N6O/c1-29(18-4-12-2-3-16(28-12)21(18)23)20-10-24-17(9-25-20)14-5-15(22)13(6-19(14)30)11-7-26-27-8-11/h5-10,12,16,18,21,28,30H,2-4H2,1H3,(H,26,27)/t12-,16+,18-,21+/m0/s1. The maximum atomic E-state index is 14.8. The van der Waals surface area contributed by atoms with Gasteiger partial charge in [-0.25, -0.2) is 13.8 Å². The smallest absolute Gasteiger partial charge is 0.147 e. The molecule has 4 atom stereocenters. The Morgan fingerprint density at radius 1 is 1.13 bits per heavy atom. The molecule has 30 heavy (non-hydrogen) atoms. The molecular weight excluding hydrogens is 390 g/mol. The van der Waals surface area contributed by atoms with Crippen LogP contribution in [0.15, 0.2) is 36.9 Å². The summed E-state index contributed by atoms with van der Waals surface area (Å²) in [4.78, 5) is 10.6. The summed E-state index contributed by atoms with van der Waals surface area (Å²) < 4.78 is 29.4. The predicted octanol–water partition coefficient (Wildman–Crippen LogP) is 3.05. The van der Waals surface area contributed by atoms with Gasteiger partial charge in [0.1, 0.15) is 23.6 Å². The van der Waals surface area contributed by atoms with E-state index >= 15 is 0 Å². The highest BCUT2D eigenvalue weighted by molar-refractivity contribution is 5.74. The zero-order valence-corrected chi connectivity index (χ0v) is 16.4. The quantitative estimate of drug-likeness (QED) is 0.610. The predicted molar refractivity (Wildman–Crippen MR) is 108 cm³/mol. The number of fused-ring (bicyclic) bond motifs is 2. The van der Waals surface area contributed by atoms with Gasteiger partial charge in [-0.05, 0) is 31.4 Å². The third-order valence-electron chi connectivity index (χ3n) is 6.22. The molecule has 2 fully saturated rings. The molecule has 7 nitrogen and oxygen atoms in total. The molecule has 2 saturated heterocycles. The van der Waals surface area contributed by atoms with Crippen LogP contribution in [0, 0.1) is 5.82 Å². The van der Waals surface area contributed by atoms with E-state index in [1.54, 1.807) is 6.20 Å². The molecule has 0 spiro atoms. The van der Waals surface area contributed by atoms with Gasteiger partial charge in [0.25, 0.3) is 0 Å². The number of hydrogen-bond donors (Lipinski definition) is 3. The van der Waals surface area contributed by atoms with Crippen LogP contribution in [0.1, 0.15) is 19.3 Å². The Bertz CT molecular complexity index is 1040. The lowest BCUT2D eigenvalue weighted by Crippen LogP contribution is -2.55. The van der Waals surface area contributed by atoms with Crippen LogP contribution >= 0.6 is 0 Å². The highest BCUT2D eigenvalue weighted by atomic mass is 19.1. The van der Waals surface area contributed by atoms with E-state index in [0.29, 0.717) is 23.1 Å². The third-order valence-corrected chi connectivity index (χ3v) is 6.22. The fourth-order valence-electron chi connectivity index (χ4n) is 4.55. The summed E-state index contributed by atoms with van der Waals surface area (Å²) in [6, 6.07) is 2.56. The van der Waals surface area contributed by atoms with Gasteiger partial charge in [0.2, 0.25) is 0 Å². The summed E-state index contributed by atoms with van der Waals surface area (Å²) in [5, 5.41) is 20.2. The van der Waals surface area contributed by atoms with Gasteiger partial charge in [-0.2, -0.15) is 5.10 Å². The van der Waals surface area contributed by atoms with Crippen LogP contribution in [0.3, 0.4) is 0 Å². The molecule has 2 aliphatic heterocycles. The lowest BCUT2D eigenvalue weighted by atomic mass is 9.96. The normalized spacial score (nSPS) is 25.4. The highest BCUT2D eigenvalue weighted by Crippen LogP contribution is 2.36. The number of rotatable bonds is 4. The fourth-order valence-corrected chi connectivity index (χ4v) is 4.55. The molecule has 2 bridgehead atoms. The Labute approximate surface area is 172 Å². The zero-order valence-electron chi connectivity index (χ0n) is 16.4. The Kier molecular flexibility index (Phi) is 4.62. The van der Waals surface area contributed by atoms with Gasteiger partial charge < -0.3 is 15.3 Å². The molecule has 9 heteroatoms. The van der Waals surface area contributed by atoms with Crippen molar-refractivity contribution in [2.45, 2.75) is 43.6 Å². The van der Waals surface area contributed by atoms with Crippen LogP contribution < -0.4 is 10.2 Å². The van der Waals surface area contributed by atoms with Crippen LogP contribution in [0.4, 0.5) is 14.6 Å². The number of phenolic OH excluding ortho intramolecular Hbond substituents is 1. The van der Waals surface area contributed by atoms with E-state index in [9.17, 15) is 13.9 Å². The summed E-state index contributed by atoms with van der Waals surface area (Å²) in [5.74, 6) is -0.0675.